The Morgan fingerprint density at radius 2 is 1.95 bits per heavy atom. The van der Waals surface area contributed by atoms with Crippen LogP contribution in [0.15, 0.2) is 30.3 Å². The van der Waals surface area contributed by atoms with E-state index >= 15 is 0 Å². The van der Waals surface area contributed by atoms with Gasteiger partial charge in [0.25, 0.3) is 0 Å². The molecule has 0 atom stereocenters. The number of rotatable bonds is 5. The van der Waals surface area contributed by atoms with E-state index in [2.05, 4.69) is 4.98 Å². The van der Waals surface area contributed by atoms with Crippen LogP contribution >= 0.6 is 0 Å². The molecule has 0 aliphatic rings. The van der Waals surface area contributed by atoms with Crippen LogP contribution in [0.1, 0.15) is 23.9 Å². The van der Waals surface area contributed by atoms with Gasteiger partial charge in [0.15, 0.2) is 0 Å². The smallest absolute Gasteiger partial charge is 0.148 e. The topological polar surface area (TPSA) is 48.1 Å². The first kappa shape index (κ1) is 14.5. The maximum atomic E-state index is 13.3. The molecule has 0 saturated carbocycles. The number of hydrogen-bond donors (Lipinski definition) is 1. The molecule has 0 unspecified atom stereocenters. The summed E-state index contributed by atoms with van der Waals surface area (Å²) in [4.78, 5) is 4.46. The summed E-state index contributed by atoms with van der Waals surface area (Å²) in [6, 6.07) is 8.30. The molecule has 0 radical (unpaired) electrons. The van der Waals surface area contributed by atoms with Crippen LogP contribution in [-0.4, -0.2) is 11.5 Å². The number of ether oxygens (including phenoxy) is 1. The lowest BCUT2D eigenvalue weighted by atomic mass is 10.1. The van der Waals surface area contributed by atoms with Crippen LogP contribution in [0.3, 0.4) is 0 Å². The lowest BCUT2D eigenvalue weighted by molar-refractivity contribution is 0.464. The molecule has 1 aromatic heterocycles. The second-order valence-corrected chi connectivity index (χ2v) is 4.64. The van der Waals surface area contributed by atoms with Crippen LogP contribution in [0.2, 0.25) is 0 Å². The van der Waals surface area contributed by atoms with E-state index in [0.29, 0.717) is 24.5 Å². The third-order valence-corrected chi connectivity index (χ3v) is 3.06. The summed E-state index contributed by atoms with van der Waals surface area (Å²) < 4.78 is 19.2. The van der Waals surface area contributed by atoms with Gasteiger partial charge in [0, 0.05) is 5.69 Å². The van der Waals surface area contributed by atoms with Crippen molar-refractivity contribution in [2.45, 2.75) is 26.7 Å². The van der Waals surface area contributed by atoms with E-state index in [-0.39, 0.29) is 5.82 Å². The number of nitrogens with zero attached hydrogens (tertiary/aromatic N) is 1. The van der Waals surface area contributed by atoms with Gasteiger partial charge in [-0.2, -0.15) is 0 Å². The molecule has 2 aromatic rings. The van der Waals surface area contributed by atoms with Crippen molar-refractivity contribution >= 4 is 0 Å². The van der Waals surface area contributed by atoms with E-state index in [1.165, 1.54) is 12.1 Å². The molecule has 0 aliphatic heterocycles. The first-order valence-electron chi connectivity index (χ1n) is 6.77. The fraction of sp³-hybridized carbons (Fsp3) is 0.312. The predicted octanol–water partition coefficient (Wildman–Crippen LogP) is 3.39. The summed E-state index contributed by atoms with van der Waals surface area (Å²) in [5, 5.41) is 0. The normalized spacial score (nSPS) is 10.6. The Labute approximate surface area is 118 Å². The van der Waals surface area contributed by atoms with Crippen LogP contribution in [-0.2, 0) is 12.8 Å². The second-order valence-electron chi connectivity index (χ2n) is 4.64. The Balaban J connectivity index is 2.34. The first-order valence-corrected chi connectivity index (χ1v) is 6.77. The van der Waals surface area contributed by atoms with E-state index in [1.807, 2.05) is 26.0 Å². The number of aromatic nitrogens is 1. The van der Waals surface area contributed by atoms with Crippen molar-refractivity contribution in [1.29, 1.82) is 0 Å². The molecule has 3 nitrogen and oxygen atoms in total. The van der Waals surface area contributed by atoms with Gasteiger partial charge in [-0.15, -0.1) is 0 Å². The van der Waals surface area contributed by atoms with Crippen molar-refractivity contribution in [1.82, 2.24) is 4.98 Å². The Morgan fingerprint density at radius 3 is 2.65 bits per heavy atom. The highest BCUT2D eigenvalue weighted by Crippen LogP contribution is 2.28. The van der Waals surface area contributed by atoms with Gasteiger partial charge in [0.05, 0.1) is 5.69 Å². The molecule has 1 heterocycles. The van der Waals surface area contributed by atoms with Crippen LogP contribution < -0.4 is 10.5 Å². The molecular formula is C16H19FN2O. The summed E-state index contributed by atoms with van der Waals surface area (Å²) in [5.74, 6) is 1.07. The van der Waals surface area contributed by atoms with E-state index in [1.54, 1.807) is 6.07 Å². The SMILES string of the molecule is CCc1nc(C)ccc1Oc1ccc(F)cc1CCN. The van der Waals surface area contributed by atoms with Crippen molar-refractivity contribution in [2.24, 2.45) is 5.73 Å². The first-order chi connectivity index (χ1) is 9.63. The molecule has 1 aromatic carbocycles. The van der Waals surface area contributed by atoms with Gasteiger partial charge in [0.1, 0.15) is 17.3 Å². The molecule has 4 heteroatoms. The summed E-state index contributed by atoms with van der Waals surface area (Å²) in [7, 11) is 0. The zero-order valence-electron chi connectivity index (χ0n) is 11.8. The van der Waals surface area contributed by atoms with Gasteiger partial charge in [-0.05, 0) is 62.2 Å². The van der Waals surface area contributed by atoms with Gasteiger partial charge >= 0.3 is 0 Å². The largest absolute Gasteiger partial charge is 0.455 e. The van der Waals surface area contributed by atoms with Crippen molar-refractivity contribution in [2.75, 3.05) is 6.54 Å². The molecule has 2 rings (SSSR count). The molecule has 20 heavy (non-hydrogen) atoms. The molecule has 0 saturated heterocycles. The zero-order chi connectivity index (χ0) is 14.5. The summed E-state index contributed by atoms with van der Waals surface area (Å²) in [5.41, 5.74) is 8.18. The Hall–Kier alpha value is -1.94. The number of benzene rings is 1. The highest BCUT2D eigenvalue weighted by atomic mass is 19.1. The Bertz CT molecular complexity index is 599. The van der Waals surface area contributed by atoms with Gasteiger partial charge in [0.2, 0.25) is 0 Å². The fourth-order valence-corrected chi connectivity index (χ4v) is 2.06. The van der Waals surface area contributed by atoms with Crippen LogP contribution in [0.4, 0.5) is 4.39 Å². The van der Waals surface area contributed by atoms with E-state index in [4.69, 9.17) is 10.5 Å². The minimum Gasteiger partial charge on any atom is -0.455 e. The number of nitrogens with two attached hydrogens (primary N) is 1. The molecule has 2 N–H and O–H groups in total. The monoisotopic (exact) mass is 274 g/mol. The molecule has 106 valence electrons. The van der Waals surface area contributed by atoms with E-state index in [9.17, 15) is 4.39 Å². The summed E-state index contributed by atoms with van der Waals surface area (Å²) in [6.45, 7) is 4.42. The van der Waals surface area contributed by atoms with Crippen molar-refractivity contribution in [3.63, 3.8) is 0 Å². The second kappa shape index (κ2) is 6.48. The average Bonchev–Trinajstić information content (AvgIpc) is 2.43. The third kappa shape index (κ3) is 3.33. The maximum Gasteiger partial charge on any atom is 0.148 e. The summed E-state index contributed by atoms with van der Waals surface area (Å²) in [6.07, 6.45) is 1.36. The van der Waals surface area contributed by atoms with Gasteiger partial charge in [-0.25, -0.2) is 4.39 Å². The quantitative estimate of drug-likeness (QED) is 0.909. The molecule has 0 bridgehead atoms. The molecule has 0 fully saturated rings. The predicted molar refractivity (Wildman–Crippen MR) is 77.6 cm³/mol. The lowest BCUT2D eigenvalue weighted by Gasteiger charge is -2.13. The minimum atomic E-state index is -0.279. The van der Waals surface area contributed by atoms with Crippen molar-refractivity contribution in [3.8, 4) is 11.5 Å². The standard InChI is InChI=1S/C16H19FN2O/c1-3-14-16(6-4-11(2)19-14)20-15-7-5-13(17)10-12(15)8-9-18/h4-7,10H,3,8-9,18H2,1-2H3. The number of aryl methyl sites for hydroxylation is 2. The van der Waals surface area contributed by atoms with E-state index < -0.39 is 0 Å². The van der Waals surface area contributed by atoms with Gasteiger partial charge < -0.3 is 10.5 Å². The number of pyridine rings is 1. The lowest BCUT2D eigenvalue weighted by Crippen LogP contribution is -2.05. The van der Waals surface area contributed by atoms with Crippen molar-refractivity contribution in [3.05, 3.63) is 53.1 Å². The Morgan fingerprint density at radius 1 is 1.20 bits per heavy atom. The van der Waals surface area contributed by atoms with E-state index in [0.717, 1.165) is 23.4 Å². The molecule has 0 amide bonds. The van der Waals surface area contributed by atoms with Crippen LogP contribution in [0.25, 0.3) is 0 Å². The fourth-order valence-electron chi connectivity index (χ4n) is 2.06. The maximum absolute atomic E-state index is 13.3. The van der Waals surface area contributed by atoms with Crippen LogP contribution in [0, 0.1) is 12.7 Å². The highest BCUT2D eigenvalue weighted by molar-refractivity contribution is 5.40. The minimum absolute atomic E-state index is 0.279. The number of halogens is 1. The molecular weight excluding hydrogens is 255 g/mol. The number of hydrogen-bond acceptors (Lipinski definition) is 3. The van der Waals surface area contributed by atoms with Crippen LogP contribution in [0.5, 0.6) is 11.5 Å². The third-order valence-electron chi connectivity index (χ3n) is 3.06. The molecule has 0 aliphatic carbocycles. The zero-order valence-corrected chi connectivity index (χ0v) is 11.8. The summed E-state index contributed by atoms with van der Waals surface area (Å²) >= 11 is 0. The average molecular weight is 274 g/mol. The molecule has 0 spiro atoms. The highest BCUT2D eigenvalue weighted by Gasteiger charge is 2.10. The van der Waals surface area contributed by atoms with Crippen molar-refractivity contribution < 1.29 is 9.13 Å². The van der Waals surface area contributed by atoms with Gasteiger partial charge in [-0.3, -0.25) is 4.98 Å². The van der Waals surface area contributed by atoms with Gasteiger partial charge in [-0.1, -0.05) is 6.92 Å². The Kier molecular flexibility index (Phi) is 4.69.